The minimum Gasteiger partial charge on any atom is -0.451 e. The van der Waals surface area contributed by atoms with E-state index in [2.05, 4.69) is 5.32 Å². The van der Waals surface area contributed by atoms with Gasteiger partial charge >= 0.3 is 11.9 Å². The Morgan fingerprint density at radius 1 is 1.06 bits per heavy atom. The lowest BCUT2D eigenvalue weighted by molar-refractivity contribution is -0.165. The molecule has 0 saturated carbocycles. The molecule has 2 saturated heterocycles. The second kappa shape index (κ2) is 9.12. The molecular formula is C25H29N3O4. The van der Waals surface area contributed by atoms with E-state index in [1.807, 2.05) is 67.7 Å². The maximum atomic E-state index is 12.9. The molecule has 0 bridgehead atoms. The average molecular weight is 436 g/mol. The number of likely N-dealkylation sites (tertiary alicyclic amines) is 1. The van der Waals surface area contributed by atoms with Gasteiger partial charge in [-0.05, 0) is 24.5 Å². The molecule has 2 amide bonds. The van der Waals surface area contributed by atoms with Crippen LogP contribution < -0.4 is 5.32 Å². The minimum absolute atomic E-state index is 0.0599. The normalized spacial score (nSPS) is 20.9. The number of rotatable bonds is 4. The van der Waals surface area contributed by atoms with Crippen LogP contribution in [0.3, 0.4) is 0 Å². The molecule has 168 valence electrons. The number of esters is 1. The Hall–Kier alpha value is -3.19. The first-order valence-electron chi connectivity index (χ1n) is 11.0. The predicted octanol–water partition coefficient (Wildman–Crippen LogP) is 2.28. The highest BCUT2D eigenvalue weighted by molar-refractivity contribution is 6.32. The molecule has 2 aromatic carbocycles. The highest BCUT2D eigenvalue weighted by Gasteiger charge is 2.50. The van der Waals surface area contributed by atoms with Crippen molar-refractivity contribution in [1.29, 1.82) is 0 Å². The van der Waals surface area contributed by atoms with E-state index in [1.54, 1.807) is 11.8 Å². The van der Waals surface area contributed by atoms with E-state index in [1.165, 1.54) is 4.90 Å². The van der Waals surface area contributed by atoms with Gasteiger partial charge in [-0.3, -0.25) is 14.9 Å². The molecule has 1 spiro atoms. The second-order valence-electron chi connectivity index (χ2n) is 8.57. The van der Waals surface area contributed by atoms with Gasteiger partial charge in [-0.2, -0.15) is 0 Å². The quantitative estimate of drug-likeness (QED) is 0.589. The minimum atomic E-state index is -0.844. The smallest absolute Gasteiger partial charge is 0.397 e. The van der Waals surface area contributed by atoms with Crippen LogP contribution in [0.15, 0.2) is 60.7 Å². The molecule has 2 heterocycles. The third-order valence-corrected chi connectivity index (χ3v) is 6.60. The van der Waals surface area contributed by atoms with Gasteiger partial charge in [0, 0.05) is 33.0 Å². The summed E-state index contributed by atoms with van der Waals surface area (Å²) in [5, 5.41) is 3.52. The van der Waals surface area contributed by atoms with E-state index in [4.69, 9.17) is 4.74 Å². The summed E-state index contributed by atoms with van der Waals surface area (Å²) in [4.78, 5) is 41.3. The fraction of sp³-hybridized carbons (Fsp3) is 0.400. The Bertz CT molecular complexity index is 971. The summed E-state index contributed by atoms with van der Waals surface area (Å²) in [5.74, 6) is -1.41. The van der Waals surface area contributed by atoms with Crippen LogP contribution in [0, 0.1) is 0 Å². The van der Waals surface area contributed by atoms with Crippen LogP contribution in [0.1, 0.15) is 37.0 Å². The Balaban J connectivity index is 1.34. The Labute approximate surface area is 188 Å². The van der Waals surface area contributed by atoms with Gasteiger partial charge < -0.3 is 14.5 Å². The Morgan fingerprint density at radius 3 is 2.28 bits per heavy atom. The number of carbonyl (C=O) groups excluding carboxylic acids is 3. The topological polar surface area (TPSA) is 79.0 Å². The number of ether oxygens (including phenoxy) is 1. The number of hydrogen-bond donors (Lipinski definition) is 1. The summed E-state index contributed by atoms with van der Waals surface area (Å²) in [7, 11) is 1.81. The Kier molecular flexibility index (Phi) is 6.28. The summed E-state index contributed by atoms with van der Waals surface area (Å²) in [6.07, 6.45) is 1.25. The van der Waals surface area contributed by atoms with Crippen molar-refractivity contribution in [3.63, 3.8) is 0 Å². The summed E-state index contributed by atoms with van der Waals surface area (Å²) < 4.78 is 5.38. The zero-order valence-electron chi connectivity index (χ0n) is 18.5. The molecule has 0 aromatic heterocycles. The highest BCUT2D eigenvalue weighted by Crippen LogP contribution is 2.32. The molecule has 0 aliphatic carbocycles. The number of piperidine rings is 1. The van der Waals surface area contributed by atoms with Gasteiger partial charge in [0.15, 0.2) is 0 Å². The first kappa shape index (κ1) is 22.0. The summed E-state index contributed by atoms with van der Waals surface area (Å²) in [6, 6.07) is 19.0. The zero-order chi connectivity index (χ0) is 22.7. The van der Waals surface area contributed by atoms with Crippen molar-refractivity contribution in [2.45, 2.75) is 44.0 Å². The van der Waals surface area contributed by atoms with Crippen LogP contribution in [-0.4, -0.2) is 59.4 Å². The molecule has 7 nitrogen and oxygen atoms in total. The predicted molar refractivity (Wildman–Crippen MR) is 119 cm³/mol. The lowest BCUT2D eigenvalue weighted by Crippen LogP contribution is -2.59. The molecular weight excluding hydrogens is 406 g/mol. The average Bonchev–Trinajstić information content (AvgIpc) is 3.04. The van der Waals surface area contributed by atoms with Crippen LogP contribution >= 0.6 is 0 Å². The van der Waals surface area contributed by atoms with Gasteiger partial charge in [0.1, 0.15) is 6.10 Å². The molecule has 2 aromatic rings. The van der Waals surface area contributed by atoms with E-state index >= 15 is 0 Å². The molecule has 7 heteroatoms. The molecule has 32 heavy (non-hydrogen) atoms. The van der Waals surface area contributed by atoms with Crippen LogP contribution in [0.4, 0.5) is 0 Å². The van der Waals surface area contributed by atoms with Crippen LogP contribution in [0.5, 0.6) is 0 Å². The van der Waals surface area contributed by atoms with Crippen molar-refractivity contribution in [2.75, 3.05) is 20.1 Å². The third kappa shape index (κ3) is 4.39. The molecule has 2 aliphatic rings. The fourth-order valence-electron chi connectivity index (χ4n) is 4.61. The molecule has 0 radical (unpaired) electrons. The molecule has 4 rings (SSSR count). The van der Waals surface area contributed by atoms with Crippen molar-refractivity contribution in [1.82, 2.24) is 15.1 Å². The van der Waals surface area contributed by atoms with E-state index in [9.17, 15) is 14.4 Å². The molecule has 2 unspecified atom stereocenters. The second-order valence-corrected chi connectivity index (χ2v) is 8.57. The van der Waals surface area contributed by atoms with Crippen LogP contribution in [-0.2, 0) is 25.5 Å². The fourth-order valence-corrected chi connectivity index (χ4v) is 4.61. The van der Waals surface area contributed by atoms with Crippen molar-refractivity contribution in [3.05, 3.63) is 71.8 Å². The number of nitrogens with one attached hydrogen (secondary N) is 1. The van der Waals surface area contributed by atoms with E-state index in [0.29, 0.717) is 32.4 Å². The number of benzene rings is 2. The van der Waals surface area contributed by atoms with Gasteiger partial charge in [0.05, 0.1) is 11.7 Å². The van der Waals surface area contributed by atoms with E-state index in [0.717, 1.165) is 11.1 Å². The van der Waals surface area contributed by atoms with E-state index in [-0.39, 0.29) is 11.9 Å². The zero-order valence-corrected chi connectivity index (χ0v) is 18.5. The molecule has 2 atom stereocenters. The van der Waals surface area contributed by atoms with Gasteiger partial charge in [0.25, 0.3) is 0 Å². The van der Waals surface area contributed by atoms with Crippen LogP contribution in [0.25, 0.3) is 0 Å². The first-order valence-corrected chi connectivity index (χ1v) is 11.0. The summed E-state index contributed by atoms with van der Waals surface area (Å²) in [6.45, 7) is 2.52. The maximum absolute atomic E-state index is 12.9. The van der Waals surface area contributed by atoms with Gasteiger partial charge in [0.2, 0.25) is 5.91 Å². The van der Waals surface area contributed by atoms with Crippen molar-refractivity contribution in [3.8, 4) is 0 Å². The number of amides is 2. The number of hydrogen-bond acceptors (Lipinski definition) is 5. The molecule has 2 aliphatic heterocycles. The van der Waals surface area contributed by atoms with Crippen LogP contribution in [0.2, 0.25) is 0 Å². The first-order chi connectivity index (χ1) is 15.4. The van der Waals surface area contributed by atoms with Gasteiger partial charge in [-0.15, -0.1) is 0 Å². The van der Waals surface area contributed by atoms with Crippen molar-refractivity contribution >= 4 is 17.8 Å². The summed E-state index contributed by atoms with van der Waals surface area (Å²) in [5.41, 5.74) is 1.45. The number of carbonyl (C=O) groups is 3. The van der Waals surface area contributed by atoms with Crippen molar-refractivity contribution in [2.24, 2.45) is 0 Å². The lowest BCUT2D eigenvalue weighted by atomic mass is 9.96. The van der Waals surface area contributed by atoms with Gasteiger partial charge in [-0.25, -0.2) is 4.79 Å². The summed E-state index contributed by atoms with van der Waals surface area (Å²) >= 11 is 0. The number of likely N-dealkylation sites (N-methyl/N-ethyl adjacent to an activating group) is 1. The largest absolute Gasteiger partial charge is 0.451 e. The third-order valence-electron chi connectivity index (χ3n) is 6.60. The monoisotopic (exact) mass is 435 g/mol. The van der Waals surface area contributed by atoms with Crippen molar-refractivity contribution < 1.29 is 19.1 Å². The molecule has 2 fully saturated rings. The highest BCUT2D eigenvalue weighted by atomic mass is 16.5. The maximum Gasteiger partial charge on any atom is 0.397 e. The standard InChI is InChI=1S/C25H29N3O4/c1-18(20-11-7-4-8-12-20)32-24(31)23(30)28-15-13-25(14-16-28)26-21(22(29)27(25)2)17-19-9-5-3-6-10-19/h3-12,18,21,26H,13-17H2,1-2H3. The Morgan fingerprint density at radius 2 is 1.66 bits per heavy atom. The lowest BCUT2D eigenvalue weighted by Gasteiger charge is -2.43. The van der Waals surface area contributed by atoms with E-state index < -0.39 is 23.6 Å². The number of nitrogens with zero attached hydrogens (tertiary/aromatic N) is 2. The SMILES string of the molecule is CC(OC(=O)C(=O)N1CCC2(CC1)NC(Cc1ccccc1)C(=O)N2C)c1ccccc1. The van der Waals surface area contributed by atoms with Gasteiger partial charge in [-0.1, -0.05) is 60.7 Å². The molecule has 1 N–H and O–H groups in total.